The minimum atomic E-state index is -0.339. The zero-order chi connectivity index (χ0) is 15.7. The van der Waals surface area contributed by atoms with Crippen LogP contribution in [0.2, 0.25) is 0 Å². The van der Waals surface area contributed by atoms with E-state index in [4.69, 9.17) is 9.47 Å². The Labute approximate surface area is 135 Å². The van der Waals surface area contributed by atoms with Gasteiger partial charge in [-0.3, -0.25) is 4.79 Å². The van der Waals surface area contributed by atoms with Gasteiger partial charge in [0.05, 0.1) is 12.0 Å². The van der Waals surface area contributed by atoms with Gasteiger partial charge in [0, 0.05) is 0 Å². The standard InChI is InChI=1S/C19H19NO3/c21-18(19(10-11-19)14-6-2-1-3-7-14)20-12-15-13-22-16-8-4-5-9-17(16)23-15/h1-9,15H,10-13H2,(H,20,21). The van der Waals surface area contributed by atoms with Crippen molar-refractivity contribution in [3.8, 4) is 11.5 Å². The van der Waals surface area contributed by atoms with Crippen LogP contribution in [0.1, 0.15) is 18.4 Å². The molecular formula is C19H19NO3. The second-order valence-electron chi connectivity index (χ2n) is 6.16. The summed E-state index contributed by atoms with van der Waals surface area (Å²) in [5.74, 6) is 1.59. The minimum absolute atomic E-state index is 0.0890. The molecule has 1 fully saturated rings. The molecule has 118 valence electrons. The third-order valence-corrected chi connectivity index (χ3v) is 4.57. The summed E-state index contributed by atoms with van der Waals surface area (Å²) < 4.78 is 11.6. The monoisotopic (exact) mass is 309 g/mol. The van der Waals surface area contributed by atoms with Crippen molar-refractivity contribution in [1.82, 2.24) is 5.32 Å². The Morgan fingerprint density at radius 1 is 1.04 bits per heavy atom. The molecule has 1 aliphatic heterocycles. The predicted octanol–water partition coefficient (Wildman–Crippen LogP) is 2.67. The maximum absolute atomic E-state index is 12.6. The molecule has 1 N–H and O–H groups in total. The molecule has 2 aromatic rings. The topological polar surface area (TPSA) is 47.6 Å². The van der Waals surface area contributed by atoms with Crippen LogP contribution in [0.3, 0.4) is 0 Å². The van der Waals surface area contributed by atoms with Gasteiger partial charge < -0.3 is 14.8 Å². The molecule has 1 saturated carbocycles. The van der Waals surface area contributed by atoms with Gasteiger partial charge in [-0.1, -0.05) is 42.5 Å². The predicted molar refractivity (Wildman–Crippen MR) is 86.7 cm³/mol. The normalized spacial score (nSPS) is 20.6. The molecule has 0 radical (unpaired) electrons. The van der Waals surface area contributed by atoms with E-state index in [0.29, 0.717) is 13.2 Å². The smallest absolute Gasteiger partial charge is 0.230 e. The second kappa shape index (κ2) is 5.61. The number of hydrogen-bond acceptors (Lipinski definition) is 3. The van der Waals surface area contributed by atoms with E-state index < -0.39 is 0 Å². The van der Waals surface area contributed by atoms with Crippen LogP contribution < -0.4 is 14.8 Å². The highest BCUT2D eigenvalue weighted by Crippen LogP contribution is 2.48. The molecule has 0 spiro atoms. The number of amides is 1. The molecule has 1 atom stereocenters. The quantitative estimate of drug-likeness (QED) is 0.944. The molecular weight excluding hydrogens is 290 g/mol. The molecule has 0 saturated heterocycles. The molecule has 0 bridgehead atoms. The van der Waals surface area contributed by atoms with E-state index in [1.807, 2.05) is 54.6 Å². The van der Waals surface area contributed by atoms with Crippen LogP contribution in [0, 0.1) is 0 Å². The number of fused-ring (bicyclic) bond motifs is 1. The summed E-state index contributed by atoms with van der Waals surface area (Å²) in [7, 11) is 0. The molecule has 23 heavy (non-hydrogen) atoms. The van der Waals surface area contributed by atoms with Gasteiger partial charge in [-0.25, -0.2) is 0 Å². The zero-order valence-electron chi connectivity index (χ0n) is 12.8. The fraction of sp³-hybridized carbons (Fsp3) is 0.316. The van der Waals surface area contributed by atoms with Crippen molar-refractivity contribution >= 4 is 5.91 Å². The van der Waals surface area contributed by atoms with Gasteiger partial charge in [0.25, 0.3) is 0 Å². The first-order valence-corrected chi connectivity index (χ1v) is 8.00. The molecule has 0 aromatic heterocycles. The van der Waals surface area contributed by atoms with Crippen molar-refractivity contribution in [3.05, 3.63) is 60.2 Å². The average molecular weight is 309 g/mol. The highest BCUT2D eigenvalue weighted by molar-refractivity contribution is 5.91. The van der Waals surface area contributed by atoms with Crippen LogP contribution in [0.25, 0.3) is 0 Å². The third-order valence-electron chi connectivity index (χ3n) is 4.57. The second-order valence-corrected chi connectivity index (χ2v) is 6.16. The Hall–Kier alpha value is -2.49. The van der Waals surface area contributed by atoms with Gasteiger partial charge in [-0.2, -0.15) is 0 Å². The number of para-hydroxylation sites is 2. The number of ether oxygens (including phenoxy) is 2. The lowest BCUT2D eigenvalue weighted by molar-refractivity contribution is -0.124. The Morgan fingerprint density at radius 3 is 2.48 bits per heavy atom. The van der Waals surface area contributed by atoms with E-state index in [9.17, 15) is 4.79 Å². The Morgan fingerprint density at radius 2 is 1.74 bits per heavy atom. The molecule has 1 heterocycles. The van der Waals surface area contributed by atoms with Crippen molar-refractivity contribution in [2.75, 3.05) is 13.2 Å². The maximum atomic E-state index is 12.6. The van der Waals surface area contributed by atoms with E-state index in [2.05, 4.69) is 5.32 Å². The molecule has 1 amide bonds. The van der Waals surface area contributed by atoms with Gasteiger partial charge in [-0.15, -0.1) is 0 Å². The van der Waals surface area contributed by atoms with Crippen LogP contribution in [-0.2, 0) is 10.2 Å². The molecule has 1 unspecified atom stereocenters. The fourth-order valence-corrected chi connectivity index (χ4v) is 3.07. The summed E-state index contributed by atoms with van der Waals surface area (Å²) in [5, 5.41) is 3.04. The van der Waals surface area contributed by atoms with Crippen molar-refractivity contribution in [1.29, 1.82) is 0 Å². The Kier molecular flexibility index (Phi) is 3.45. The molecule has 4 nitrogen and oxygen atoms in total. The van der Waals surface area contributed by atoms with E-state index in [1.54, 1.807) is 0 Å². The van der Waals surface area contributed by atoms with Crippen LogP contribution >= 0.6 is 0 Å². The van der Waals surface area contributed by atoms with E-state index in [-0.39, 0.29) is 17.4 Å². The average Bonchev–Trinajstić information content (AvgIpc) is 3.42. The summed E-state index contributed by atoms with van der Waals surface area (Å²) in [6, 6.07) is 17.6. The van der Waals surface area contributed by atoms with Gasteiger partial charge in [-0.05, 0) is 30.5 Å². The lowest BCUT2D eigenvalue weighted by Gasteiger charge is -2.27. The van der Waals surface area contributed by atoms with Gasteiger partial charge in [0.15, 0.2) is 11.5 Å². The Bertz CT molecular complexity index is 710. The molecule has 2 aliphatic rings. The number of benzene rings is 2. The number of rotatable bonds is 4. The molecule has 2 aromatic carbocycles. The number of carbonyl (C=O) groups is 1. The fourth-order valence-electron chi connectivity index (χ4n) is 3.07. The van der Waals surface area contributed by atoms with E-state index >= 15 is 0 Å². The summed E-state index contributed by atoms with van der Waals surface area (Å²) in [4.78, 5) is 12.6. The molecule has 4 rings (SSSR count). The minimum Gasteiger partial charge on any atom is -0.486 e. The first-order valence-electron chi connectivity index (χ1n) is 8.00. The summed E-state index contributed by atoms with van der Waals surface area (Å²) in [6.45, 7) is 0.914. The van der Waals surface area contributed by atoms with Crippen molar-refractivity contribution in [2.24, 2.45) is 0 Å². The van der Waals surface area contributed by atoms with Gasteiger partial charge in [0.2, 0.25) is 5.91 Å². The first-order chi connectivity index (χ1) is 11.3. The number of hydrogen-bond donors (Lipinski definition) is 1. The first kappa shape index (κ1) is 14.1. The molecule has 4 heteroatoms. The lowest BCUT2D eigenvalue weighted by atomic mass is 9.95. The zero-order valence-corrected chi connectivity index (χ0v) is 12.8. The van der Waals surface area contributed by atoms with Crippen LogP contribution in [-0.4, -0.2) is 25.2 Å². The lowest BCUT2D eigenvalue weighted by Crippen LogP contribution is -2.44. The van der Waals surface area contributed by atoms with Crippen LogP contribution in [0.5, 0.6) is 11.5 Å². The summed E-state index contributed by atoms with van der Waals surface area (Å²) in [5.41, 5.74) is 0.762. The summed E-state index contributed by atoms with van der Waals surface area (Å²) >= 11 is 0. The third kappa shape index (κ3) is 2.65. The maximum Gasteiger partial charge on any atom is 0.230 e. The van der Waals surface area contributed by atoms with Crippen LogP contribution in [0.4, 0.5) is 0 Å². The Balaban J connectivity index is 1.38. The number of nitrogens with one attached hydrogen (secondary N) is 1. The van der Waals surface area contributed by atoms with Crippen molar-refractivity contribution < 1.29 is 14.3 Å². The highest BCUT2D eigenvalue weighted by atomic mass is 16.6. The van der Waals surface area contributed by atoms with Crippen molar-refractivity contribution in [3.63, 3.8) is 0 Å². The SMILES string of the molecule is O=C(NCC1COc2ccccc2O1)C1(c2ccccc2)CC1. The van der Waals surface area contributed by atoms with Crippen LogP contribution in [0.15, 0.2) is 54.6 Å². The number of carbonyl (C=O) groups excluding carboxylic acids is 1. The largest absolute Gasteiger partial charge is 0.486 e. The van der Waals surface area contributed by atoms with E-state index in [0.717, 1.165) is 29.9 Å². The van der Waals surface area contributed by atoms with Crippen molar-refractivity contribution in [2.45, 2.75) is 24.4 Å². The molecule has 1 aliphatic carbocycles. The van der Waals surface area contributed by atoms with Gasteiger partial charge in [0.1, 0.15) is 12.7 Å². The van der Waals surface area contributed by atoms with Gasteiger partial charge >= 0.3 is 0 Å². The highest BCUT2D eigenvalue weighted by Gasteiger charge is 2.51. The summed E-state index contributed by atoms with van der Waals surface area (Å²) in [6.07, 6.45) is 1.67. The van der Waals surface area contributed by atoms with E-state index in [1.165, 1.54) is 0 Å².